The average Bonchev–Trinajstić information content (AvgIpc) is 2.47. The van der Waals surface area contributed by atoms with Gasteiger partial charge in [0.25, 0.3) is 0 Å². The Morgan fingerprint density at radius 2 is 1.57 bits per heavy atom. The van der Waals surface area contributed by atoms with Crippen molar-refractivity contribution in [2.45, 2.75) is 4.90 Å². The fraction of sp³-hybridized carbons (Fsp3) is 0.538. The van der Waals surface area contributed by atoms with Gasteiger partial charge in [-0.05, 0) is 7.05 Å². The standard InChI is InChI=1S/C13H19FN2O4S/c1-15-4-6-16(7-5-15)21(17,18)13-9-12(20-3)11(19-2)8-10(13)14/h8-9H,4-7H2,1-3H3. The van der Waals surface area contributed by atoms with Gasteiger partial charge < -0.3 is 14.4 Å². The van der Waals surface area contributed by atoms with E-state index in [0.29, 0.717) is 26.2 Å². The molecule has 0 saturated carbocycles. The number of nitrogens with zero attached hydrogens (tertiary/aromatic N) is 2. The maximum Gasteiger partial charge on any atom is 0.246 e. The number of rotatable bonds is 4. The van der Waals surface area contributed by atoms with E-state index in [0.717, 1.165) is 6.07 Å². The molecule has 0 spiro atoms. The molecule has 118 valence electrons. The van der Waals surface area contributed by atoms with Gasteiger partial charge in [0.2, 0.25) is 10.0 Å². The molecule has 0 N–H and O–H groups in total. The van der Waals surface area contributed by atoms with Crippen LogP contribution in [0.15, 0.2) is 17.0 Å². The molecule has 1 aliphatic heterocycles. The summed E-state index contributed by atoms with van der Waals surface area (Å²) in [6.45, 7) is 1.92. The van der Waals surface area contributed by atoms with Gasteiger partial charge in [-0.2, -0.15) is 4.31 Å². The molecule has 0 unspecified atom stereocenters. The summed E-state index contributed by atoms with van der Waals surface area (Å²) in [7, 11) is 0.784. The first-order valence-corrected chi connectivity index (χ1v) is 7.94. The van der Waals surface area contributed by atoms with Crippen LogP contribution in [0.3, 0.4) is 0 Å². The first-order valence-electron chi connectivity index (χ1n) is 6.50. The van der Waals surface area contributed by atoms with Gasteiger partial charge in [0.15, 0.2) is 11.5 Å². The number of piperazine rings is 1. The molecule has 1 heterocycles. The van der Waals surface area contributed by atoms with Crippen LogP contribution in [0.1, 0.15) is 0 Å². The van der Waals surface area contributed by atoms with Crippen molar-refractivity contribution in [3.05, 3.63) is 17.9 Å². The Morgan fingerprint density at radius 3 is 2.10 bits per heavy atom. The largest absolute Gasteiger partial charge is 0.493 e. The highest BCUT2D eigenvalue weighted by Crippen LogP contribution is 2.33. The zero-order valence-electron chi connectivity index (χ0n) is 12.3. The summed E-state index contributed by atoms with van der Waals surface area (Å²) in [5.41, 5.74) is 0. The van der Waals surface area contributed by atoms with Gasteiger partial charge in [0, 0.05) is 38.3 Å². The summed E-state index contributed by atoms with van der Waals surface area (Å²) >= 11 is 0. The number of methoxy groups -OCH3 is 2. The topological polar surface area (TPSA) is 59.1 Å². The van der Waals surface area contributed by atoms with Crippen molar-refractivity contribution < 1.29 is 22.3 Å². The van der Waals surface area contributed by atoms with Crippen molar-refractivity contribution in [3.8, 4) is 11.5 Å². The Hall–Kier alpha value is -1.38. The molecule has 0 aliphatic carbocycles. The molecule has 0 amide bonds. The van der Waals surface area contributed by atoms with Crippen LogP contribution in [0.2, 0.25) is 0 Å². The van der Waals surface area contributed by atoms with E-state index in [4.69, 9.17) is 9.47 Å². The van der Waals surface area contributed by atoms with Crippen LogP contribution >= 0.6 is 0 Å². The predicted octanol–water partition coefficient (Wildman–Crippen LogP) is 0.779. The molecule has 2 rings (SSSR count). The number of hydrogen-bond acceptors (Lipinski definition) is 5. The Balaban J connectivity index is 2.40. The molecule has 6 nitrogen and oxygen atoms in total. The van der Waals surface area contributed by atoms with Crippen molar-refractivity contribution in [1.29, 1.82) is 0 Å². The van der Waals surface area contributed by atoms with Crippen LogP contribution in [-0.2, 0) is 10.0 Å². The molecule has 1 saturated heterocycles. The highest BCUT2D eigenvalue weighted by atomic mass is 32.2. The number of halogens is 1. The summed E-state index contributed by atoms with van der Waals surface area (Å²) in [6, 6.07) is 2.20. The van der Waals surface area contributed by atoms with Gasteiger partial charge in [-0.15, -0.1) is 0 Å². The SMILES string of the molecule is COc1cc(F)c(S(=O)(=O)N2CCN(C)CC2)cc1OC. The molecule has 1 aromatic rings. The van der Waals surface area contributed by atoms with Crippen molar-refractivity contribution in [2.75, 3.05) is 47.4 Å². The zero-order valence-corrected chi connectivity index (χ0v) is 13.1. The zero-order chi connectivity index (χ0) is 15.6. The number of ether oxygens (including phenoxy) is 2. The summed E-state index contributed by atoms with van der Waals surface area (Å²) in [5, 5.41) is 0. The van der Waals surface area contributed by atoms with Crippen LogP contribution in [0.5, 0.6) is 11.5 Å². The van der Waals surface area contributed by atoms with Gasteiger partial charge in [-0.25, -0.2) is 12.8 Å². The van der Waals surface area contributed by atoms with E-state index in [1.807, 2.05) is 11.9 Å². The molecule has 21 heavy (non-hydrogen) atoms. The van der Waals surface area contributed by atoms with Crippen molar-refractivity contribution in [2.24, 2.45) is 0 Å². The molecule has 0 radical (unpaired) electrons. The fourth-order valence-electron chi connectivity index (χ4n) is 2.20. The summed E-state index contributed by atoms with van der Waals surface area (Å²) in [4.78, 5) is 1.64. The van der Waals surface area contributed by atoms with Crippen molar-refractivity contribution in [3.63, 3.8) is 0 Å². The number of likely N-dealkylation sites (N-methyl/N-ethyl adjacent to an activating group) is 1. The third-order valence-electron chi connectivity index (χ3n) is 3.52. The second kappa shape index (κ2) is 6.17. The normalized spacial score (nSPS) is 17.7. The first kappa shape index (κ1) is 16.0. The fourth-order valence-corrected chi connectivity index (χ4v) is 3.68. The van der Waals surface area contributed by atoms with E-state index in [1.165, 1.54) is 24.6 Å². The predicted molar refractivity (Wildman–Crippen MR) is 75.8 cm³/mol. The average molecular weight is 318 g/mol. The molecule has 0 aromatic heterocycles. The molecule has 0 atom stereocenters. The minimum Gasteiger partial charge on any atom is -0.493 e. The van der Waals surface area contributed by atoms with Crippen molar-refractivity contribution >= 4 is 10.0 Å². The monoisotopic (exact) mass is 318 g/mol. The lowest BCUT2D eigenvalue weighted by Gasteiger charge is -2.31. The number of sulfonamides is 1. The second-order valence-corrected chi connectivity index (χ2v) is 6.75. The van der Waals surface area contributed by atoms with E-state index in [1.54, 1.807) is 0 Å². The Kier molecular flexibility index (Phi) is 4.70. The molecular formula is C13H19FN2O4S. The minimum absolute atomic E-state index is 0.160. The van der Waals surface area contributed by atoms with E-state index >= 15 is 0 Å². The number of benzene rings is 1. The smallest absolute Gasteiger partial charge is 0.246 e. The van der Waals surface area contributed by atoms with E-state index in [-0.39, 0.29) is 16.4 Å². The third-order valence-corrected chi connectivity index (χ3v) is 5.43. The van der Waals surface area contributed by atoms with Gasteiger partial charge in [-0.1, -0.05) is 0 Å². The minimum atomic E-state index is -3.88. The van der Waals surface area contributed by atoms with Crippen LogP contribution in [-0.4, -0.2) is 65.1 Å². The van der Waals surface area contributed by atoms with Crippen LogP contribution in [0, 0.1) is 5.82 Å². The Bertz CT molecular complexity index is 613. The molecule has 1 aliphatic rings. The lowest BCUT2D eigenvalue weighted by Crippen LogP contribution is -2.47. The summed E-state index contributed by atoms with van der Waals surface area (Å²) in [5.74, 6) is -0.495. The van der Waals surface area contributed by atoms with Gasteiger partial charge in [0.05, 0.1) is 14.2 Å². The Morgan fingerprint density at radius 1 is 1.05 bits per heavy atom. The molecule has 8 heteroatoms. The van der Waals surface area contributed by atoms with E-state index in [2.05, 4.69) is 0 Å². The highest BCUT2D eigenvalue weighted by Gasteiger charge is 2.31. The third kappa shape index (κ3) is 3.12. The lowest BCUT2D eigenvalue weighted by molar-refractivity contribution is 0.222. The maximum absolute atomic E-state index is 14.1. The van der Waals surface area contributed by atoms with Crippen LogP contribution in [0.25, 0.3) is 0 Å². The van der Waals surface area contributed by atoms with E-state index in [9.17, 15) is 12.8 Å². The molecule has 0 bridgehead atoms. The quantitative estimate of drug-likeness (QED) is 0.821. The Labute approximate surface area is 124 Å². The lowest BCUT2D eigenvalue weighted by atomic mass is 10.3. The molecular weight excluding hydrogens is 299 g/mol. The van der Waals surface area contributed by atoms with Crippen LogP contribution < -0.4 is 9.47 Å². The van der Waals surface area contributed by atoms with Gasteiger partial charge >= 0.3 is 0 Å². The van der Waals surface area contributed by atoms with Gasteiger partial charge in [-0.3, -0.25) is 0 Å². The van der Waals surface area contributed by atoms with Gasteiger partial charge in [0.1, 0.15) is 10.7 Å². The summed E-state index contributed by atoms with van der Waals surface area (Å²) < 4.78 is 50.5. The highest BCUT2D eigenvalue weighted by molar-refractivity contribution is 7.89. The van der Waals surface area contributed by atoms with Crippen LogP contribution in [0.4, 0.5) is 4.39 Å². The van der Waals surface area contributed by atoms with Crippen molar-refractivity contribution in [1.82, 2.24) is 9.21 Å². The second-order valence-electron chi connectivity index (χ2n) is 4.84. The molecule has 1 fully saturated rings. The first-order chi connectivity index (χ1) is 9.90. The van der Waals surface area contributed by atoms with E-state index < -0.39 is 15.8 Å². The molecule has 1 aromatic carbocycles. The maximum atomic E-state index is 14.1. The summed E-state index contributed by atoms with van der Waals surface area (Å²) in [6.07, 6.45) is 0. The number of hydrogen-bond donors (Lipinski definition) is 0.